The summed E-state index contributed by atoms with van der Waals surface area (Å²) < 4.78 is 0. The molecule has 0 spiro atoms. The third-order valence-electron chi connectivity index (χ3n) is 1.72. The fourth-order valence-corrected chi connectivity index (χ4v) is 0.614. The molecule has 0 aliphatic carbocycles. The minimum Gasteiger partial charge on any atom is -0.0999 e. The Labute approximate surface area is 64.6 Å². The lowest BCUT2D eigenvalue weighted by molar-refractivity contribution is 0.695. The van der Waals surface area contributed by atoms with Crippen molar-refractivity contribution >= 4 is 0 Å². The molecule has 0 saturated carbocycles. The maximum atomic E-state index is 3.90. The molecule has 0 radical (unpaired) electrons. The molecule has 0 N–H and O–H groups in total. The van der Waals surface area contributed by atoms with E-state index in [4.69, 9.17) is 0 Å². The van der Waals surface area contributed by atoms with E-state index in [0.717, 1.165) is 6.42 Å². The van der Waals surface area contributed by atoms with Gasteiger partial charge in [0.2, 0.25) is 0 Å². The zero-order valence-corrected chi connectivity index (χ0v) is 7.57. The monoisotopic (exact) mass is 138 g/mol. The first kappa shape index (κ1) is 9.48. The van der Waals surface area contributed by atoms with E-state index in [1.807, 2.05) is 0 Å². The molecule has 0 saturated heterocycles. The molecular weight excluding hydrogens is 120 g/mol. The SMILES string of the molecule is C=C(C)C(C)CC=C(C)C. The summed E-state index contributed by atoms with van der Waals surface area (Å²) in [6.45, 7) is 12.5. The molecule has 0 heterocycles. The summed E-state index contributed by atoms with van der Waals surface area (Å²) in [7, 11) is 0. The van der Waals surface area contributed by atoms with E-state index in [9.17, 15) is 0 Å². The summed E-state index contributed by atoms with van der Waals surface area (Å²) in [5.41, 5.74) is 2.67. The van der Waals surface area contributed by atoms with Crippen LogP contribution in [0.1, 0.15) is 34.1 Å². The zero-order valence-electron chi connectivity index (χ0n) is 7.57. The molecule has 0 amide bonds. The van der Waals surface area contributed by atoms with Crippen LogP contribution < -0.4 is 0 Å². The topological polar surface area (TPSA) is 0 Å². The highest BCUT2D eigenvalue weighted by Gasteiger charge is 1.97. The van der Waals surface area contributed by atoms with Crippen molar-refractivity contribution in [2.45, 2.75) is 34.1 Å². The highest BCUT2D eigenvalue weighted by molar-refractivity contribution is 5.01. The lowest BCUT2D eigenvalue weighted by Crippen LogP contribution is -1.92. The minimum absolute atomic E-state index is 0.634. The second-order valence-corrected chi connectivity index (χ2v) is 3.26. The van der Waals surface area contributed by atoms with Gasteiger partial charge in [0.05, 0.1) is 0 Å². The van der Waals surface area contributed by atoms with Gasteiger partial charge in [-0.2, -0.15) is 0 Å². The summed E-state index contributed by atoms with van der Waals surface area (Å²) in [6.07, 6.45) is 3.40. The van der Waals surface area contributed by atoms with E-state index in [1.165, 1.54) is 11.1 Å². The molecule has 0 aliphatic heterocycles. The minimum atomic E-state index is 0.634. The fraction of sp³-hybridized carbons (Fsp3) is 0.600. The molecule has 0 aliphatic rings. The quantitative estimate of drug-likeness (QED) is 0.523. The molecule has 0 bridgehead atoms. The van der Waals surface area contributed by atoms with Gasteiger partial charge in [0.25, 0.3) is 0 Å². The molecule has 0 rings (SSSR count). The van der Waals surface area contributed by atoms with Crippen molar-refractivity contribution in [3.05, 3.63) is 23.8 Å². The molecule has 0 heteroatoms. The van der Waals surface area contributed by atoms with Crippen LogP contribution in [0.4, 0.5) is 0 Å². The van der Waals surface area contributed by atoms with E-state index in [1.54, 1.807) is 0 Å². The predicted octanol–water partition coefficient (Wildman–Crippen LogP) is 3.55. The van der Waals surface area contributed by atoms with E-state index in [2.05, 4.69) is 40.3 Å². The first-order valence-electron chi connectivity index (χ1n) is 3.82. The maximum absolute atomic E-state index is 3.90. The van der Waals surface area contributed by atoms with Crippen LogP contribution in [0.3, 0.4) is 0 Å². The summed E-state index contributed by atoms with van der Waals surface area (Å²) >= 11 is 0. The molecule has 0 nitrogen and oxygen atoms in total. The van der Waals surface area contributed by atoms with Crippen LogP contribution in [0.15, 0.2) is 23.8 Å². The van der Waals surface area contributed by atoms with Crippen LogP contribution >= 0.6 is 0 Å². The molecular formula is C10H18. The van der Waals surface area contributed by atoms with Gasteiger partial charge in [0, 0.05) is 0 Å². The molecule has 1 unspecified atom stereocenters. The van der Waals surface area contributed by atoms with Crippen LogP contribution in [0, 0.1) is 5.92 Å². The molecule has 0 aromatic rings. The van der Waals surface area contributed by atoms with Gasteiger partial charge in [-0.15, -0.1) is 0 Å². The van der Waals surface area contributed by atoms with Gasteiger partial charge in [-0.25, -0.2) is 0 Å². The Hall–Kier alpha value is -0.520. The first-order valence-corrected chi connectivity index (χ1v) is 3.82. The predicted molar refractivity (Wildman–Crippen MR) is 48.0 cm³/mol. The largest absolute Gasteiger partial charge is 0.0999 e. The van der Waals surface area contributed by atoms with E-state index in [-0.39, 0.29) is 0 Å². The van der Waals surface area contributed by atoms with Crippen molar-refractivity contribution in [3.63, 3.8) is 0 Å². The molecule has 0 aromatic carbocycles. The van der Waals surface area contributed by atoms with Crippen molar-refractivity contribution in [2.24, 2.45) is 5.92 Å². The smallest absolute Gasteiger partial charge is 0.0202 e. The van der Waals surface area contributed by atoms with Gasteiger partial charge in [0.15, 0.2) is 0 Å². The van der Waals surface area contributed by atoms with Crippen molar-refractivity contribution in [3.8, 4) is 0 Å². The summed E-state index contributed by atoms with van der Waals surface area (Å²) in [5.74, 6) is 0.634. The van der Waals surface area contributed by atoms with Crippen molar-refractivity contribution in [1.82, 2.24) is 0 Å². The van der Waals surface area contributed by atoms with Crippen molar-refractivity contribution in [1.29, 1.82) is 0 Å². The normalized spacial score (nSPS) is 12.4. The number of hydrogen-bond donors (Lipinski definition) is 0. The zero-order chi connectivity index (χ0) is 8.15. The number of hydrogen-bond acceptors (Lipinski definition) is 0. The van der Waals surface area contributed by atoms with Crippen molar-refractivity contribution in [2.75, 3.05) is 0 Å². The highest BCUT2D eigenvalue weighted by Crippen LogP contribution is 2.12. The average molecular weight is 138 g/mol. The Morgan fingerprint density at radius 2 is 1.90 bits per heavy atom. The van der Waals surface area contributed by atoms with Crippen LogP contribution in [0.2, 0.25) is 0 Å². The Kier molecular flexibility index (Phi) is 4.10. The van der Waals surface area contributed by atoms with E-state index >= 15 is 0 Å². The number of allylic oxidation sites excluding steroid dienone is 3. The Morgan fingerprint density at radius 1 is 1.40 bits per heavy atom. The van der Waals surface area contributed by atoms with Gasteiger partial charge in [-0.1, -0.05) is 30.7 Å². The second kappa shape index (κ2) is 4.32. The summed E-state index contributed by atoms with van der Waals surface area (Å²) in [6, 6.07) is 0. The van der Waals surface area contributed by atoms with Gasteiger partial charge in [0.1, 0.15) is 0 Å². The highest BCUT2D eigenvalue weighted by atomic mass is 14.0. The molecule has 0 aromatic heterocycles. The molecule has 0 fully saturated rings. The standard InChI is InChI=1S/C10H18/c1-8(2)6-7-10(5)9(3)4/h6,10H,3,7H2,1-2,4-5H3. The van der Waals surface area contributed by atoms with E-state index in [0.29, 0.717) is 5.92 Å². The van der Waals surface area contributed by atoms with Crippen molar-refractivity contribution < 1.29 is 0 Å². The Balaban J connectivity index is 3.70. The maximum Gasteiger partial charge on any atom is -0.0202 e. The average Bonchev–Trinajstić information content (AvgIpc) is 1.82. The summed E-state index contributed by atoms with van der Waals surface area (Å²) in [4.78, 5) is 0. The first-order chi connectivity index (χ1) is 4.54. The molecule has 10 heavy (non-hydrogen) atoms. The Bertz CT molecular complexity index is 136. The van der Waals surface area contributed by atoms with Gasteiger partial charge in [-0.05, 0) is 33.1 Å². The Morgan fingerprint density at radius 3 is 2.20 bits per heavy atom. The van der Waals surface area contributed by atoms with Gasteiger partial charge < -0.3 is 0 Å². The van der Waals surface area contributed by atoms with Crippen LogP contribution in [0.5, 0.6) is 0 Å². The van der Waals surface area contributed by atoms with Crippen LogP contribution in [-0.4, -0.2) is 0 Å². The second-order valence-electron chi connectivity index (χ2n) is 3.26. The van der Waals surface area contributed by atoms with E-state index < -0.39 is 0 Å². The number of rotatable bonds is 3. The fourth-order valence-electron chi connectivity index (χ4n) is 0.614. The summed E-state index contributed by atoms with van der Waals surface area (Å²) in [5, 5.41) is 0. The molecule has 58 valence electrons. The van der Waals surface area contributed by atoms with Gasteiger partial charge in [-0.3, -0.25) is 0 Å². The van der Waals surface area contributed by atoms with Crippen LogP contribution in [-0.2, 0) is 0 Å². The molecule has 1 atom stereocenters. The third-order valence-corrected chi connectivity index (χ3v) is 1.72. The van der Waals surface area contributed by atoms with Gasteiger partial charge >= 0.3 is 0 Å². The lowest BCUT2D eigenvalue weighted by atomic mass is 10.00. The lowest BCUT2D eigenvalue weighted by Gasteiger charge is -2.06. The third kappa shape index (κ3) is 4.37. The van der Waals surface area contributed by atoms with Crippen LogP contribution in [0.25, 0.3) is 0 Å².